The van der Waals surface area contributed by atoms with E-state index in [1.54, 1.807) is 0 Å². The summed E-state index contributed by atoms with van der Waals surface area (Å²) in [7, 11) is 0. The summed E-state index contributed by atoms with van der Waals surface area (Å²) in [5.41, 5.74) is 6.94. The predicted molar refractivity (Wildman–Crippen MR) is 70.4 cm³/mol. The molecule has 0 aromatic carbocycles. The van der Waals surface area contributed by atoms with Gasteiger partial charge in [-0.25, -0.2) is 0 Å². The lowest BCUT2D eigenvalue weighted by Crippen LogP contribution is -2.49. The third-order valence-electron chi connectivity index (χ3n) is 5.28. The SMILES string of the molecule is CCC1CCC(N)(C2CCCCCC2)CC1. The lowest BCUT2D eigenvalue weighted by Gasteiger charge is -2.43. The van der Waals surface area contributed by atoms with Gasteiger partial charge in [0.05, 0.1) is 0 Å². The Balaban J connectivity index is 1.91. The van der Waals surface area contributed by atoms with Gasteiger partial charge in [-0.2, -0.15) is 0 Å². The zero-order chi connectivity index (χ0) is 11.4. The van der Waals surface area contributed by atoms with E-state index in [0.717, 1.165) is 11.8 Å². The first-order chi connectivity index (χ1) is 7.74. The van der Waals surface area contributed by atoms with E-state index in [2.05, 4.69) is 6.92 Å². The quantitative estimate of drug-likeness (QED) is 0.696. The fraction of sp³-hybridized carbons (Fsp3) is 1.00. The maximum absolute atomic E-state index is 6.72. The Kier molecular flexibility index (Phi) is 4.29. The lowest BCUT2D eigenvalue weighted by atomic mass is 9.67. The van der Waals surface area contributed by atoms with Gasteiger partial charge < -0.3 is 5.73 Å². The van der Waals surface area contributed by atoms with Crippen LogP contribution in [0, 0.1) is 11.8 Å². The van der Waals surface area contributed by atoms with E-state index in [0.29, 0.717) is 0 Å². The fourth-order valence-corrected chi connectivity index (χ4v) is 3.89. The minimum absolute atomic E-state index is 0.218. The van der Waals surface area contributed by atoms with Crippen LogP contribution in [-0.2, 0) is 0 Å². The van der Waals surface area contributed by atoms with E-state index in [9.17, 15) is 0 Å². The van der Waals surface area contributed by atoms with E-state index in [1.165, 1.54) is 70.6 Å². The molecule has 1 nitrogen and oxygen atoms in total. The van der Waals surface area contributed by atoms with Crippen molar-refractivity contribution < 1.29 is 0 Å². The highest BCUT2D eigenvalue weighted by atomic mass is 14.8. The van der Waals surface area contributed by atoms with Crippen molar-refractivity contribution in [1.82, 2.24) is 0 Å². The van der Waals surface area contributed by atoms with Crippen LogP contribution in [0.1, 0.15) is 77.6 Å². The average Bonchev–Trinajstić information content (AvgIpc) is 2.59. The molecule has 0 spiro atoms. The molecule has 2 fully saturated rings. The molecule has 2 aliphatic carbocycles. The number of hydrogen-bond donors (Lipinski definition) is 1. The Morgan fingerprint density at radius 1 is 0.938 bits per heavy atom. The molecule has 0 amide bonds. The van der Waals surface area contributed by atoms with Gasteiger partial charge in [0.15, 0.2) is 0 Å². The van der Waals surface area contributed by atoms with E-state index < -0.39 is 0 Å². The number of nitrogens with two attached hydrogens (primary N) is 1. The Morgan fingerprint density at radius 3 is 2.00 bits per heavy atom. The zero-order valence-corrected chi connectivity index (χ0v) is 11.0. The summed E-state index contributed by atoms with van der Waals surface area (Å²) in [5.74, 6) is 1.82. The molecule has 2 N–H and O–H groups in total. The van der Waals surface area contributed by atoms with Gasteiger partial charge in [0.1, 0.15) is 0 Å². The molecule has 2 saturated carbocycles. The second-order valence-electron chi connectivity index (χ2n) is 6.27. The summed E-state index contributed by atoms with van der Waals surface area (Å²) < 4.78 is 0. The maximum atomic E-state index is 6.72. The van der Waals surface area contributed by atoms with Gasteiger partial charge in [-0.3, -0.25) is 0 Å². The summed E-state index contributed by atoms with van der Waals surface area (Å²) >= 11 is 0. The molecular weight excluding hydrogens is 194 g/mol. The average molecular weight is 223 g/mol. The molecule has 0 aromatic heterocycles. The molecule has 2 rings (SSSR count). The molecule has 1 heteroatoms. The number of rotatable bonds is 2. The molecule has 0 aliphatic heterocycles. The first kappa shape index (κ1) is 12.4. The van der Waals surface area contributed by atoms with Crippen LogP contribution in [0.3, 0.4) is 0 Å². The summed E-state index contributed by atoms with van der Waals surface area (Å²) in [4.78, 5) is 0. The third kappa shape index (κ3) is 2.80. The van der Waals surface area contributed by atoms with Gasteiger partial charge in [-0.1, -0.05) is 39.0 Å². The van der Waals surface area contributed by atoms with Gasteiger partial charge in [-0.05, 0) is 50.4 Å². The Hall–Kier alpha value is -0.0400. The van der Waals surface area contributed by atoms with Crippen molar-refractivity contribution in [1.29, 1.82) is 0 Å². The van der Waals surface area contributed by atoms with Crippen LogP contribution in [0.15, 0.2) is 0 Å². The summed E-state index contributed by atoms with van der Waals surface area (Å²) in [6.07, 6.45) is 15.3. The van der Waals surface area contributed by atoms with Crippen molar-refractivity contribution in [3.8, 4) is 0 Å². The zero-order valence-electron chi connectivity index (χ0n) is 11.0. The number of hydrogen-bond acceptors (Lipinski definition) is 1. The maximum Gasteiger partial charge on any atom is 0.0183 e. The summed E-state index contributed by atoms with van der Waals surface area (Å²) in [5, 5.41) is 0. The first-order valence-corrected chi connectivity index (χ1v) is 7.53. The monoisotopic (exact) mass is 223 g/mol. The molecule has 0 unspecified atom stereocenters. The Morgan fingerprint density at radius 2 is 1.50 bits per heavy atom. The highest BCUT2D eigenvalue weighted by Gasteiger charge is 2.37. The third-order valence-corrected chi connectivity index (χ3v) is 5.28. The van der Waals surface area contributed by atoms with Gasteiger partial charge in [-0.15, -0.1) is 0 Å². The van der Waals surface area contributed by atoms with Crippen LogP contribution in [0.4, 0.5) is 0 Å². The van der Waals surface area contributed by atoms with Crippen molar-refractivity contribution in [2.75, 3.05) is 0 Å². The van der Waals surface area contributed by atoms with Crippen molar-refractivity contribution in [3.05, 3.63) is 0 Å². The smallest absolute Gasteiger partial charge is 0.0183 e. The molecule has 94 valence electrons. The van der Waals surface area contributed by atoms with Crippen molar-refractivity contribution in [3.63, 3.8) is 0 Å². The summed E-state index contributed by atoms with van der Waals surface area (Å²) in [6, 6.07) is 0. The minimum Gasteiger partial charge on any atom is -0.325 e. The molecule has 0 atom stereocenters. The minimum atomic E-state index is 0.218. The molecule has 0 bridgehead atoms. The van der Waals surface area contributed by atoms with Crippen LogP contribution in [0.5, 0.6) is 0 Å². The summed E-state index contributed by atoms with van der Waals surface area (Å²) in [6.45, 7) is 2.33. The highest BCUT2D eigenvalue weighted by Crippen LogP contribution is 2.41. The topological polar surface area (TPSA) is 26.0 Å². The normalized spacial score (nSPS) is 38.2. The van der Waals surface area contributed by atoms with Crippen LogP contribution in [-0.4, -0.2) is 5.54 Å². The lowest BCUT2D eigenvalue weighted by molar-refractivity contribution is 0.146. The molecule has 16 heavy (non-hydrogen) atoms. The van der Waals surface area contributed by atoms with Gasteiger partial charge in [0.2, 0.25) is 0 Å². The Bertz CT molecular complexity index is 195. The predicted octanol–water partition coefficient (Wildman–Crippen LogP) is 4.25. The van der Waals surface area contributed by atoms with E-state index in [-0.39, 0.29) is 5.54 Å². The first-order valence-electron chi connectivity index (χ1n) is 7.53. The molecule has 0 radical (unpaired) electrons. The van der Waals surface area contributed by atoms with Crippen LogP contribution < -0.4 is 5.73 Å². The van der Waals surface area contributed by atoms with Crippen LogP contribution >= 0.6 is 0 Å². The van der Waals surface area contributed by atoms with Crippen molar-refractivity contribution in [2.24, 2.45) is 17.6 Å². The van der Waals surface area contributed by atoms with Crippen molar-refractivity contribution >= 4 is 0 Å². The van der Waals surface area contributed by atoms with Gasteiger partial charge >= 0.3 is 0 Å². The largest absolute Gasteiger partial charge is 0.325 e. The van der Waals surface area contributed by atoms with Crippen LogP contribution in [0.2, 0.25) is 0 Å². The van der Waals surface area contributed by atoms with Gasteiger partial charge in [0, 0.05) is 5.54 Å². The van der Waals surface area contributed by atoms with E-state index in [1.807, 2.05) is 0 Å². The second kappa shape index (κ2) is 5.53. The highest BCUT2D eigenvalue weighted by molar-refractivity contribution is 4.95. The fourth-order valence-electron chi connectivity index (χ4n) is 3.89. The molecule has 2 aliphatic rings. The van der Waals surface area contributed by atoms with Crippen molar-refractivity contribution in [2.45, 2.75) is 83.1 Å². The second-order valence-corrected chi connectivity index (χ2v) is 6.27. The van der Waals surface area contributed by atoms with Gasteiger partial charge in [0.25, 0.3) is 0 Å². The molecular formula is C15H29N. The van der Waals surface area contributed by atoms with E-state index >= 15 is 0 Å². The molecule has 0 aromatic rings. The van der Waals surface area contributed by atoms with E-state index in [4.69, 9.17) is 5.73 Å². The Labute approximate surface area is 101 Å². The molecule has 0 heterocycles. The van der Waals surface area contributed by atoms with Crippen LogP contribution in [0.25, 0.3) is 0 Å². The standard InChI is InChI=1S/C15H29N/c1-2-13-9-11-15(16,12-10-13)14-7-5-3-4-6-8-14/h13-14H,2-12,16H2,1H3. The molecule has 0 saturated heterocycles.